The van der Waals surface area contributed by atoms with E-state index >= 15 is 0 Å². The van der Waals surface area contributed by atoms with Crippen molar-refractivity contribution in [2.75, 3.05) is 31.6 Å². The van der Waals surface area contributed by atoms with Crippen LogP contribution in [0.1, 0.15) is 24.0 Å². The first kappa shape index (κ1) is 21.5. The van der Waals surface area contributed by atoms with Gasteiger partial charge in [-0.3, -0.25) is 9.79 Å². The fourth-order valence-electron chi connectivity index (χ4n) is 3.56. The maximum absolute atomic E-state index is 10.9. The number of hydrogen-bond acceptors (Lipinski definition) is 4. The first-order valence-electron chi connectivity index (χ1n) is 10.3. The van der Waals surface area contributed by atoms with Crippen molar-refractivity contribution < 1.29 is 9.53 Å². The molecule has 0 spiro atoms. The van der Waals surface area contributed by atoms with E-state index in [4.69, 9.17) is 10.5 Å². The lowest BCUT2D eigenvalue weighted by Crippen LogP contribution is -2.51. The van der Waals surface area contributed by atoms with E-state index in [-0.39, 0.29) is 6.61 Å². The Morgan fingerprint density at radius 2 is 2.07 bits per heavy atom. The number of guanidine groups is 1. The lowest BCUT2D eigenvalue weighted by molar-refractivity contribution is -0.119. The first-order chi connectivity index (χ1) is 14.5. The van der Waals surface area contributed by atoms with Gasteiger partial charge in [0, 0.05) is 38.4 Å². The molecule has 1 amide bonds. The molecule has 3 rings (SSSR count). The fourth-order valence-corrected chi connectivity index (χ4v) is 3.56. The zero-order valence-electron chi connectivity index (χ0n) is 17.7. The zero-order valence-corrected chi connectivity index (χ0v) is 17.7. The number of rotatable bonds is 7. The minimum atomic E-state index is -0.490. The highest BCUT2D eigenvalue weighted by Crippen LogP contribution is 2.20. The molecule has 160 valence electrons. The number of nitrogens with two attached hydrogens (primary N) is 1. The molecule has 0 radical (unpaired) electrons. The molecule has 2 aromatic carbocycles. The molecule has 0 bridgehead atoms. The first-order valence-corrected chi connectivity index (χ1v) is 10.3. The van der Waals surface area contributed by atoms with Crippen LogP contribution in [0.4, 0.5) is 5.69 Å². The Kier molecular flexibility index (Phi) is 7.54. The third kappa shape index (κ3) is 6.40. The molecular formula is C23H31N5O2. The lowest BCUT2D eigenvalue weighted by Gasteiger charge is -2.35. The van der Waals surface area contributed by atoms with Crippen molar-refractivity contribution in [1.29, 1.82) is 0 Å². The van der Waals surface area contributed by atoms with Crippen LogP contribution in [0, 0.1) is 6.92 Å². The van der Waals surface area contributed by atoms with Crippen LogP contribution in [0.25, 0.3) is 0 Å². The summed E-state index contributed by atoms with van der Waals surface area (Å²) in [6.45, 7) is 4.60. The standard InChI is InChI=1S/C23H31N5O2/c1-17-8-10-20(11-9-17)28-12-4-6-19(15-28)27-23(25-2)26-14-18-5-3-7-21(13-18)30-16-22(24)29/h3,5,7-11,13,19H,4,6,12,14-16H2,1-2H3,(H2,24,29)(H2,25,26,27). The van der Waals surface area contributed by atoms with Gasteiger partial charge in [-0.25, -0.2) is 0 Å². The van der Waals surface area contributed by atoms with E-state index in [1.165, 1.54) is 11.3 Å². The molecular weight excluding hydrogens is 378 g/mol. The van der Waals surface area contributed by atoms with Gasteiger partial charge in [0.15, 0.2) is 12.6 Å². The molecule has 0 aromatic heterocycles. The van der Waals surface area contributed by atoms with E-state index in [1.807, 2.05) is 18.2 Å². The van der Waals surface area contributed by atoms with Crippen molar-refractivity contribution in [3.05, 3.63) is 59.7 Å². The van der Waals surface area contributed by atoms with Crippen LogP contribution in [0.2, 0.25) is 0 Å². The Hall–Kier alpha value is -3.22. The van der Waals surface area contributed by atoms with Crippen molar-refractivity contribution in [2.45, 2.75) is 32.4 Å². The van der Waals surface area contributed by atoms with Crippen LogP contribution in [-0.2, 0) is 11.3 Å². The average molecular weight is 410 g/mol. The van der Waals surface area contributed by atoms with Crippen LogP contribution in [0.15, 0.2) is 53.5 Å². The SMILES string of the molecule is CN=C(NCc1cccc(OCC(N)=O)c1)NC1CCCN(c2ccc(C)cc2)C1. The van der Waals surface area contributed by atoms with Crippen LogP contribution < -0.4 is 26.0 Å². The molecule has 4 N–H and O–H groups in total. The molecule has 1 fully saturated rings. The summed E-state index contributed by atoms with van der Waals surface area (Å²) in [6.07, 6.45) is 2.25. The van der Waals surface area contributed by atoms with Gasteiger partial charge in [-0.05, 0) is 49.6 Å². The summed E-state index contributed by atoms with van der Waals surface area (Å²) in [5, 5.41) is 6.91. The second-order valence-corrected chi connectivity index (χ2v) is 7.59. The Labute approximate surface area is 178 Å². The Morgan fingerprint density at radius 3 is 2.80 bits per heavy atom. The van der Waals surface area contributed by atoms with Crippen molar-refractivity contribution in [1.82, 2.24) is 10.6 Å². The number of carbonyl (C=O) groups is 1. The molecule has 30 heavy (non-hydrogen) atoms. The Morgan fingerprint density at radius 1 is 1.27 bits per heavy atom. The minimum absolute atomic E-state index is 0.126. The molecule has 7 heteroatoms. The molecule has 0 aliphatic carbocycles. The lowest BCUT2D eigenvalue weighted by atomic mass is 10.0. The zero-order chi connectivity index (χ0) is 21.3. The number of aryl methyl sites for hydroxylation is 1. The summed E-state index contributed by atoms with van der Waals surface area (Å²) < 4.78 is 5.37. The number of benzene rings is 2. The highest BCUT2D eigenvalue weighted by Gasteiger charge is 2.21. The van der Waals surface area contributed by atoms with Gasteiger partial charge >= 0.3 is 0 Å². The normalized spacial score (nSPS) is 16.8. The maximum atomic E-state index is 10.9. The third-order valence-electron chi connectivity index (χ3n) is 5.12. The van der Waals surface area contributed by atoms with Gasteiger partial charge in [0.2, 0.25) is 0 Å². The number of carbonyl (C=O) groups excluding carboxylic acids is 1. The predicted octanol–water partition coefficient (Wildman–Crippen LogP) is 2.19. The van der Waals surface area contributed by atoms with Gasteiger partial charge in [-0.2, -0.15) is 0 Å². The van der Waals surface area contributed by atoms with Gasteiger partial charge in [-0.15, -0.1) is 0 Å². The second kappa shape index (κ2) is 10.5. The largest absolute Gasteiger partial charge is 0.484 e. The summed E-state index contributed by atoms with van der Waals surface area (Å²) >= 11 is 0. The van der Waals surface area contributed by atoms with Gasteiger partial charge < -0.3 is 26.0 Å². The quantitative estimate of drug-likeness (QED) is 0.482. The summed E-state index contributed by atoms with van der Waals surface area (Å²) in [7, 11) is 1.78. The van der Waals surface area contributed by atoms with Gasteiger partial charge in [0.25, 0.3) is 5.91 Å². The van der Waals surface area contributed by atoms with E-state index in [1.54, 1.807) is 13.1 Å². The number of aliphatic imine (C=N–C) groups is 1. The van der Waals surface area contributed by atoms with E-state index in [9.17, 15) is 4.79 Å². The molecule has 1 unspecified atom stereocenters. The average Bonchev–Trinajstić information content (AvgIpc) is 2.76. The molecule has 1 aliphatic rings. The third-order valence-corrected chi connectivity index (χ3v) is 5.12. The summed E-state index contributed by atoms with van der Waals surface area (Å²) in [5.41, 5.74) is 8.71. The molecule has 1 heterocycles. The number of nitrogens with zero attached hydrogens (tertiary/aromatic N) is 2. The summed E-state index contributed by atoms with van der Waals surface area (Å²) in [6, 6.07) is 16.6. The van der Waals surface area contributed by atoms with Gasteiger partial charge in [-0.1, -0.05) is 29.8 Å². The van der Waals surface area contributed by atoms with Crippen molar-refractivity contribution >= 4 is 17.6 Å². The molecule has 2 aromatic rings. The van der Waals surface area contributed by atoms with Crippen LogP contribution in [-0.4, -0.2) is 44.7 Å². The highest BCUT2D eigenvalue weighted by molar-refractivity contribution is 5.80. The fraction of sp³-hybridized carbons (Fsp3) is 0.391. The number of nitrogens with one attached hydrogen (secondary N) is 2. The maximum Gasteiger partial charge on any atom is 0.255 e. The molecule has 1 saturated heterocycles. The highest BCUT2D eigenvalue weighted by atomic mass is 16.5. The number of hydrogen-bond donors (Lipinski definition) is 3. The van der Waals surface area contributed by atoms with Crippen molar-refractivity contribution in [3.63, 3.8) is 0 Å². The predicted molar refractivity (Wildman–Crippen MR) is 121 cm³/mol. The Balaban J connectivity index is 1.52. The number of piperidine rings is 1. The topological polar surface area (TPSA) is 92.0 Å². The summed E-state index contributed by atoms with van der Waals surface area (Å²) in [5.74, 6) is 0.904. The van der Waals surface area contributed by atoms with E-state index in [2.05, 4.69) is 51.7 Å². The monoisotopic (exact) mass is 409 g/mol. The molecule has 1 aliphatic heterocycles. The summed E-state index contributed by atoms with van der Waals surface area (Å²) in [4.78, 5) is 17.7. The molecule has 0 saturated carbocycles. The molecule has 7 nitrogen and oxygen atoms in total. The minimum Gasteiger partial charge on any atom is -0.484 e. The van der Waals surface area contributed by atoms with Crippen LogP contribution in [0.3, 0.4) is 0 Å². The number of anilines is 1. The van der Waals surface area contributed by atoms with E-state index in [0.717, 1.165) is 37.5 Å². The van der Waals surface area contributed by atoms with Crippen molar-refractivity contribution in [3.8, 4) is 5.75 Å². The van der Waals surface area contributed by atoms with Crippen LogP contribution in [0.5, 0.6) is 5.75 Å². The number of amides is 1. The Bertz CT molecular complexity index is 866. The van der Waals surface area contributed by atoms with E-state index in [0.29, 0.717) is 18.3 Å². The van der Waals surface area contributed by atoms with Gasteiger partial charge in [0.1, 0.15) is 5.75 Å². The van der Waals surface area contributed by atoms with Crippen molar-refractivity contribution in [2.24, 2.45) is 10.7 Å². The van der Waals surface area contributed by atoms with Crippen LogP contribution >= 0.6 is 0 Å². The number of ether oxygens (including phenoxy) is 1. The smallest absolute Gasteiger partial charge is 0.255 e. The molecule has 1 atom stereocenters. The number of primary amides is 1. The van der Waals surface area contributed by atoms with Gasteiger partial charge in [0.05, 0.1) is 0 Å². The van der Waals surface area contributed by atoms with E-state index < -0.39 is 5.91 Å². The second-order valence-electron chi connectivity index (χ2n) is 7.59.